The molecular formula is C9H8F6N2OS. The van der Waals surface area contributed by atoms with Crippen LogP contribution in [0.5, 0.6) is 0 Å². The topological polar surface area (TPSA) is 36.4 Å². The summed E-state index contributed by atoms with van der Waals surface area (Å²) in [6.45, 7) is -0.998. The number of rotatable bonds is 1. The third-order valence-corrected chi connectivity index (χ3v) is 3.92. The van der Waals surface area contributed by atoms with Gasteiger partial charge in [0.25, 0.3) is 0 Å². The highest BCUT2D eigenvalue weighted by atomic mass is 32.1. The Balaban J connectivity index is 2.16. The lowest BCUT2D eigenvalue weighted by Crippen LogP contribution is -2.47. The van der Waals surface area contributed by atoms with Crippen molar-refractivity contribution >= 4 is 16.5 Å². The van der Waals surface area contributed by atoms with Crippen LogP contribution in [0.15, 0.2) is 6.20 Å². The number of aromatic nitrogens is 1. The molecule has 1 saturated heterocycles. The van der Waals surface area contributed by atoms with Crippen LogP contribution in [-0.4, -0.2) is 35.0 Å². The second kappa shape index (κ2) is 4.23. The van der Waals surface area contributed by atoms with E-state index >= 15 is 0 Å². The molecule has 19 heavy (non-hydrogen) atoms. The van der Waals surface area contributed by atoms with E-state index in [1.807, 2.05) is 0 Å². The van der Waals surface area contributed by atoms with Crippen LogP contribution in [0.25, 0.3) is 0 Å². The molecule has 1 aliphatic heterocycles. The van der Waals surface area contributed by atoms with E-state index in [-0.39, 0.29) is 23.0 Å². The molecule has 2 rings (SSSR count). The lowest BCUT2D eigenvalue weighted by atomic mass is 10.0. The molecule has 0 unspecified atom stereocenters. The zero-order valence-corrected chi connectivity index (χ0v) is 10.0. The summed E-state index contributed by atoms with van der Waals surface area (Å²) in [5.41, 5.74) is -2.89. The molecule has 0 radical (unpaired) electrons. The Kier molecular flexibility index (Phi) is 3.21. The first kappa shape index (κ1) is 14.4. The third kappa shape index (κ3) is 2.64. The first-order valence-corrected chi connectivity index (χ1v) is 5.92. The molecule has 0 bridgehead atoms. The number of nitrogens with zero attached hydrogens (tertiary/aromatic N) is 2. The zero-order valence-electron chi connectivity index (χ0n) is 9.22. The second-order valence-electron chi connectivity index (χ2n) is 4.21. The number of thiazole rings is 1. The second-order valence-corrected chi connectivity index (χ2v) is 5.21. The lowest BCUT2D eigenvalue weighted by molar-refractivity contribution is -0.250. The Hall–Kier alpha value is -1.03. The van der Waals surface area contributed by atoms with E-state index in [2.05, 4.69) is 4.98 Å². The zero-order chi connectivity index (χ0) is 14.5. The van der Waals surface area contributed by atoms with Gasteiger partial charge in [0.15, 0.2) is 10.7 Å². The quantitative estimate of drug-likeness (QED) is 0.810. The number of aliphatic hydroxyl groups is 1. The molecule has 1 N–H and O–H groups in total. The minimum absolute atomic E-state index is 0.174. The molecule has 0 spiro atoms. The SMILES string of the molecule is O[C@]1(C(F)(F)F)CCN(c2ncc(C(F)(F)F)s2)C1. The number of anilines is 1. The summed E-state index contributed by atoms with van der Waals surface area (Å²) >= 11 is 0.260. The van der Waals surface area contributed by atoms with Crippen LogP contribution in [0.2, 0.25) is 0 Å². The summed E-state index contributed by atoms with van der Waals surface area (Å²) in [5, 5.41) is 9.24. The maximum absolute atomic E-state index is 12.6. The molecule has 1 atom stereocenters. The molecular weight excluding hydrogens is 298 g/mol. The van der Waals surface area contributed by atoms with Gasteiger partial charge in [-0.15, -0.1) is 0 Å². The Morgan fingerprint density at radius 3 is 2.32 bits per heavy atom. The molecule has 3 nitrogen and oxygen atoms in total. The summed E-state index contributed by atoms with van der Waals surface area (Å²) in [4.78, 5) is 3.48. The summed E-state index contributed by atoms with van der Waals surface area (Å²) in [7, 11) is 0. The van der Waals surface area contributed by atoms with E-state index in [1.165, 1.54) is 0 Å². The van der Waals surface area contributed by atoms with Crippen LogP contribution in [0.1, 0.15) is 11.3 Å². The monoisotopic (exact) mass is 306 g/mol. The highest BCUT2D eigenvalue weighted by Crippen LogP contribution is 2.42. The van der Waals surface area contributed by atoms with Gasteiger partial charge in [0.2, 0.25) is 0 Å². The van der Waals surface area contributed by atoms with E-state index in [4.69, 9.17) is 0 Å². The highest BCUT2D eigenvalue weighted by molar-refractivity contribution is 7.15. The van der Waals surface area contributed by atoms with Crippen LogP contribution < -0.4 is 4.90 Å². The predicted molar refractivity (Wildman–Crippen MR) is 55.0 cm³/mol. The van der Waals surface area contributed by atoms with E-state index < -0.39 is 35.8 Å². The Bertz CT molecular complexity index is 470. The van der Waals surface area contributed by atoms with Crippen molar-refractivity contribution in [2.75, 3.05) is 18.0 Å². The summed E-state index contributed by atoms with van der Waals surface area (Å²) in [6, 6.07) is 0. The first-order valence-electron chi connectivity index (χ1n) is 5.10. The minimum atomic E-state index is -4.81. The number of halogens is 6. The fourth-order valence-electron chi connectivity index (χ4n) is 1.73. The van der Waals surface area contributed by atoms with Crippen LogP contribution >= 0.6 is 11.3 Å². The van der Waals surface area contributed by atoms with Gasteiger partial charge < -0.3 is 10.0 Å². The highest BCUT2D eigenvalue weighted by Gasteiger charge is 2.57. The molecule has 1 aromatic heterocycles. The van der Waals surface area contributed by atoms with Crippen molar-refractivity contribution < 1.29 is 31.4 Å². The van der Waals surface area contributed by atoms with Gasteiger partial charge in [0.05, 0.1) is 12.7 Å². The predicted octanol–water partition coefficient (Wildman–Crippen LogP) is 2.67. The van der Waals surface area contributed by atoms with Crippen molar-refractivity contribution in [1.82, 2.24) is 4.98 Å². The van der Waals surface area contributed by atoms with Crippen molar-refractivity contribution in [2.24, 2.45) is 0 Å². The smallest absolute Gasteiger partial charge is 0.379 e. The minimum Gasteiger partial charge on any atom is -0.379 e. The van der Waals surface area contributed by atoms with Crippen molar-refractivity contribution in [3.8, 4) is 0 Å². The van der Waals surface area contributed by atoms with E-state index in [0.29, 0.717) is 6.20 Å². The number of hydrogen-bond acceptors (Lipinski definition) is 4. The van der Waals surface area contributed by atoms with Gasteiger partial charge in [-0.2, -0.15) is 26.3 Å². The van der Waals surface area contributed by atoms with Gasteiger partial charge in [-0.25, -0.2) is 4.98 Å². The van der Waals surface area contributed by atoms with E-state index in [9.17, 15) is 31.4 Å². The summed E-state index contributed by atoms with van der Waals surface area (Å²) in [5.74, 6) is 0. The van der Waals surface area contributed by atoms with Crippen molar-refractivity contribution in [2.45, 2.75) is 24.4 Å². The molecule has 10 heteroatoms. The molecule has 1 aromatic rings. The average Bonchev–Trinajstić information content (AvgIpc) is 2.81. The van der Waals surface area contributed by atoms with Crippen molar-refractivity contribution in [1.29, 1.82) is 0 Å². The molecule has 0 saturated carbocycles. The molecule has 0 aliphatic carbocycles. The maximum Gasteiger partial charge on any atom is 0.427 e. The fraction of sp³-hybridized carbons (Fsp3) is 0.667. The van der Waals surface area contributed by atoms with Crippen molar-refractivity contribution in [3.05, 3.63) is 11.1 Å². The molecule has 2 heterocycles. The van der Waals surface area contributed by atoms with Gasteiger partial charge in [0, 0.05) is 13.0 Å². The first-order chi connectivity index (χ1) is 8.53. The molecule has 108 valence electrons. The van der Waals surface area contributed by atoms with Gasteiger partial charge in [0.1, 0.15) is 4.88 Å². The van der Waals surface area contributed by atoms with Gasteiger partial charge >= 0.3 is 12.4 Å². The van der Waals surface area contributed by atoms with Crippen molar-refractivity contribution in [3.63, 3.8) is 0 Å². The largest absolute Gasteiger partial charge is 0.427 e. The lowest BCUT2D eigenvalue weighted by Gasteiger charge is -2.25. The van der Waals surface area contributed by atoms with E-state index in [1.54, 1.807) is 0 Å². The van der Waals surface area contributed by atoms with Crippen LogP contribution in [0, 0.1) is 0 Å². The molecule has 1 aliphatic rings. The maximum atomic E-state index is 12.6. The van der Waals surface area contributed by atoms with Crippen LogP contribution in [-0.2, 0) is 6.18 Å². The average molecular weight is 306 g/mol. The summed E-state index contributed by atoms with van der Waals surface area (Å²) in [6.07, 6.45) is -9.40. The Morgan fingerprint density at radius 2 is 1.89 bits per heavy atom. The number of β-amino-alcohol motifs (C(OH)–C–C–N with tert-alkyl or cyclic N) is 1. The standard InChI is InChI=1S/C9H8F6N2OS/c10-8(11,12)5-3-16-6(19-5)17-2-1-7(18,4-17)9(13,14)15/h3,18H,1-2,4H2/t7-/m1/s1. The van der Waals surface area contributed by atoms with E-state index in [0.717, 1.165) is 4.90 Å². The fourth-order valence-corrected chi connectivity index (χ4v) is 2.54. The normalized spacial score (nSPS) is 25.1. The number of alkyl halides is 6. The Labute approximate surface area is 107 Å². The third-order valence-electron chi connectivity index (χ3n) is 2.82. The Morgan fingerprint density at radius 1 is 1.26 bits per heavy atom. The van der Waals surface area contributed by atoms with Crippen LogP contribution in [0.3, 0.4) is 0 Å². The molecule has 1 fully saturated rings. The summed E-state index contributed by atoms with van der Waals surface area (Å²) < 4.78 is 74.7. The van der Waals surface area contributed by atoms with Gasteiger partial charge in [-0.3, -0.25) is 0 Å². The molecule has 0 amide bonds. The van der Waals surface area contributed by atoms with Gasteiger partial charge in [-0.1, -0.05) is 11.3 Å². The molecule has 0 aromatic carbocycles. The van der Waals surface area contributed by atoms with Gasteiger partial charge in [-0.05, 0) is 0 Å². The number of hydrogen-bond donors (Lipinski definition) is 1. The van der Waals surface area contributed by atoms with Crippen LogP contribution in [0.4, 0.5) is 31.5 Å².